The van der Waals surface area contributed by atoms with Crippen molar-refractivity contribution < 1.29 is 24.2 Å². The molecule has 2 aromatic carbocycles. The lowest BCUT2D eigenvalue weighted by molar-refractivity contribution is -0.0695. The molecule has 2 aromatic heterocycles. The molecule has 10 nitrogen and oxygen atoms in total. The first-order valence-electron chi connectivity index (χ1n) is 11.7. The minimum absolute atomic E-state index is 0.222. The van der Waals surface area contributed by atoms with E-state index in [1.54, 1.807) is 73.7 Å². The fourth-order valence-electron chi connectivity index (χ4n) is 4.55. The molecule has 1 aliphatic heterocycles. The minimum Gasteiger partial charge on any atom is -0.453 e. The first kappa shape index (κ1) is 25.8. The van der Waals surface area contributed by atoms with Crippen molar-refractivity contribution in [2.45, 2.75) is 28.2 Å². The molecule has 1 fully saturated rings. The Morgan fingerprint density at radius 3 is 2.42 bits per heavy atom. The van der Waals surface area contributed by atoms with Crippen LogP contribution in [0.5, 0.6) is 0 Å². The van der Waals surface area contributed by atoms with Gasteiger partial charge in [-0.05, 0) is 43.3 Å². The molecule has 0 radical (unpaired) electrons. The van der Waals surface area contributed by atoms with Crippen LogP contribution in [-0.4, -0.2) is 53.8 Å². The summed E-state index contributed by atoms with van der Waals surface area (Å²) >= 11 is 2.06. The number of aromatic nitrogens is 3. The summed E-state index contributed by atoms with van der Waals surface area (Å²) in [5.74, 6) is -0.775. The summed E-state index contributed by atoms with van der Waals surface area (Å²) in [5, 5.41) is 27.7. The Morgan fingerprint density at radius 1 is 1.13 bits per heavy atom. The highest BCUT2D eigenvalue weighted by Gasteiger charge is 2.65. The highest BCUT2D eigenvalue weighted by molar-refractivity contribution is 14.1. The van der Waals surface area contributed by atoms with Crippen LogP contribution in [0.2, 0.25) is 0 Å². The Morgan fingerprint density at radius 2 is 1.79 bits per heavy atom. The van der Waals surface area contributed by atoms with E-state index in [2.05, 4.69) is 44.1 Å². The number of alkyl halides is 1. The van der Waals surface area contributed by atoms with Crippen molar-refractivity contribution in [3.8, 4) is 6.07 Å². The number of hydrogen-bond donors (Lipinski definition) is 2. The maximum absolute atomic E-state index is 13.1. The molecule has 1 saturated heterocycles. The van der Waals surface area contributed by atoms with Gasteiger partial charge in [0.25, 0.3) is 5.91 Å². The van der Waals surface area contributed by atoms with E-state index in [9.17, 15) is 20.0 Å². The zero-order chi connectivity index (χ0) is 26.9. The number of nitriles is 1. The summed E-state index contributed by atoms with van der Waals surface area (Å²) in [7, 11) is 0. The molecule has 4 aromatic rings. The van der Waals surface area contributed by atoms with Crippen molar-refractivity contribution in [3.05, 3.63) is 95.9 Å². The Balaban J connectivity index is 1.57. The molecule has 0 aliphatic carbocycles. The maximum Gasteiger partial charge on any atom is 0.338 e. The first-order valence-corrected chi connectivity index (χ1v) is 12.7. The molecule has 1 aliphatic rings. The second kappa shape index (κ2) is 10.1. The van der Waals surface area contributed by atoms with Gasteiger partial charge < -0.3 is 19.9 Å². The maximum atomic E-state index is 13.1. The summed E-state index contributed by atoms with van der Waals surface area (Å²) in [6.45, 7) is 1.35. The molecule has 11 heteroatoms. The third kappa shape index (κ3) is 4.30. The highest BCUT2D eigenvalue weighted by atomic mass is 127. The molecule has 0 bridgehead atoms. The minimum atomic E-state index is -1.82. The van der Waals surface area contributed by atoms with Gasteiger partial charge in [-0.1, -0.05) is 59.0 Å². The zero-order valence-corrected chi connectivity index (χ0v) is 22.3. The van der Waals surface area contributed by atoms with Crippen LogP contribution in [0.15, 0.2) is 79.1 Å². The summed E-state index contributed by atoms with van der Waals surface area (Å²) in [4.78, 5) is 30.1. The number of ether oxygens (including phenoxy) is 2. The van der Waals surface area contributed by atoms with Crippen LogP contribution in [-0.2, 0) is 15.1 Å². The first-order chi connectivity index (χ1) is 18.3. The normalized spacial score (nSPS) is 24.6. The Kier molecular flexibility index (Phi) is 6.87. The van der Waals surface area contributed by atoms with Crippen LogP contribution >= 0.6 is 22.6 Å². The number of aliphatic hydroxyl groups is 1. The van der Waals surface area contributed by atoms with Gasteiger partial charge in [-0.2, -0.15) is 10.4 Å². The number of aliphatic hydroxyl groups excluding tert-OH is 1. The van der Waals surface area contributed by atoms with Crippen molar-refractivity contribution in [2.75, 3.05) is 11.9 Å². The van der Waals surface area contributed by atoms with Crippen LogP contribution < -0.4 is 5.32 Å². The Labute approximate surface area is 231 Å². The molecule has 3 heterocycles. The van der Waals surface area contributed by atoms with Crippen LogP contribution in [0.1, 0.15) is 33.3 Å². The summed E-state index contributed by atoms with van der Waals surface area (Å²) in [6.07, 6.45) is -0.712. The van der Waals surface area contributed by atoms with E-state index in [0.717, 1.165) is 0 Å². The van der Waals surface area contributed by atoms with Crippen molar-refractivity contribution >= 4 is 45.8 Å². The lowest BCUT2D eigenvalue weighted by Crippen LogP contribution is -2.48. The van der Waals surface area contributed by atoms with E-state index in [-0.39, 0.29) is 17.4 Å². The average Bonchev–Trinajstić information content (AvgIpc) is 3.47. The second-order valence-corrected chi connectivity index (χ2v) is 11.2. The third-order valence-corrected chi connectivity index (χ3v) is 7.77. The quantitative estimate of drug-likeness (QED) is 0.189. The molecule has 192 valence electrons. The van der Waals surface area contributed by atoms with Gasteiger partial charge in [0, 0.05) is 5.56 Å². The molecule has 1 unspecified atom stereocenters. The number of benzene rings is 2. The van der Waals surface area contributed by atoms with Crippen molar-refractivity contribution in [2.24, 2.45) is 0 Å². The fraction of sp³-hybridized carbons (Fsp3) is 0.222. The number of esters is 1. The van der Waals surface area contributed by atoms with Crippen LogP contribution in [0.25, 0.3) is 5.52 Å². The monoisotopic (exact) mass is 623 g/mol. The number of nitrogens with zero attached hydrogens (tertiary/aromatic N) is 4. The number of carbonyl (C=O) groups excluding carboxylic acids is 2. The van der Waals surface area contributed by atoms with Crippen LogP contribution in [0.3, 0.4) is 0 Å². The van der Waals surface area contributed by atoms with E-state index in [1.807, 2.05) is 6.07 Å². The topological polar surface area (TPSA) is 139 Å². The standard InChI is InChI=1S/C27H22IN5O5/c1-26(28)21(14-34)38-27(15-29,25(26)37-24(36)18-10-6-3-7-11-18)20-13-12-19-22(30-16-31-33(19)20)32-23(35)17-8-4-2-5-9-17/h2-13,16,21,25,34H,14H2,1H3,(H,30,31,32,35)/t21-,25+,26?,27+/m1/s1. The predicted molar refractivity (Wildman–Crippen MR) is 145 cm³/mol. The molecular weight excluding hydrogens is 601 g/mol. The lowest BCUT2D eigenvalue weighted by atomic mass is 9.87. The van der Waals surface area contributed by atoms with E-state index in [0.29, 0.717) is 16.6 Å². The smallest absolute Gasteiger partial charge is 0.338 e. The van der Waals surface area contributed by atoms with Gasteiger partial charge >= 0.3 is 5.97 Å². The number of hydrogen-bond acceptors (Lipinski definition) is 8. The van der Waals surface area contributed by atoms with Gasteiger partial charge in [0.15, 0.2) is 11.9 Å². The summed E-state index contributed by atoms with van der Waals surface area (Å²) in [5.41, 5.74) is -0.400. The number of halogens is 1. The van der Waals surface area contributed by atoms with E-state index in [4.69, 9.17) is 9.47 Å². The lowest BCUT2D eigenvalue weighted by Gasteiger charge is -2.31. The van der Waals surface area contributed by atoms with Gasteiger partial charge in [0.1, 0.15) is 24.0 Å². The number of anilines is 1. The van der Waals surface area contributed by atoms with Crippen LogP contribution in [0.4, 0.5) is 5.82 Å². The van der Waals surface area contributed by atoms with Crippen LogP contribution in [0, 0.1) is 11.3 Å². The second-order valence-electron chi connectivity index (χ2n) is 8.88. The van der Waals surface area contributed by atoms with Crippen molar-refractivity contribution in [3.63, 3.8) is 0 Å². The molecule has 0 saturated carbocycles. The molecule has 5 rings (SSSR count). The van der Waals surface area contributed by atoms with Gasteiger partial charge in [-0.25, -0.2) is 14.3 Å². The number of carbonyl (C=O) groups is 2. The van der Waals surface area contributed by atoms with Gasteiger partial charge in [0.05, 0.1) is 21.3 Å². The SMILES string of the molecule is CC1(I)[C@@H](CO)O[C@@](C#N)(c2ccc3c(NC(=O)c4ccccc4)ncnn23)[C@H]1OC(=O)c1ccccc1. The number of rotatable bonds is 6. The Hall–Kier alpha value is -3.86. The molecule has 1 amide bonds. The molecule has 0 spiro atoms. The van der Waals surface area contributed by atoms with Gasteiger partial charge in [-0.15, -0.1) is 0 Å². The fourth-order valence-corrected chi connectivity index (χ4v) is 5.44. The van der Waals surface area contributed by atoms with Gasteiger partial charge in [-0.3, -0.25) is 4.79 Å². The third-order valence-electron chi connectivity index (χ3n) is 6.51. The van der Waals surface area contributed by atoms with E-state index >= 15 is 0 Å². The van der Waals surface area contributed by atoms with E-state index < -0.39 is 33.8 Å². The molecular formula is C27H22IN5O5. The Bertz CT molecular complexity index is 1540. The van der Waals surface area contributed by atoms with Crippen molar-refractivity contribution in [1.82, 2.24) is 14.6 Å². The predicted octanol–water partition coefficient (Wildman–Crippen LogP) is 3.51. The molecule has 2 N–H and O–H groups in total. The molecule has 38 heavy (non-hydrogen) atoms. The van der Waals surface area contributed by atoms with Crippen molar-refractivity contribution in [1.29, 1.82) is 5.26 Å². The molecule has 4 atom stereocenters. The zero-order valence-electron chi connectivity index (χ0n) is 20.1. The largest absolute Gasteiger partial charge is 0.453 e. The number of amides is 1. The summed E-state index contributed by atoms with van der Waals surface area (Å²) < 4.78 is 12.6. The van der Waals surface area contributed by atoms with E-state index in [1.165, 1.54) is 10.8 Å². The number of nitrogens with one attached hydrogen (secondary N) is 1. The number of fused-ring (bicyclic) bond motifs is 1. The summed E-state index contributed by atoms with van der Waals surface area (Å²) in [6, 6.07) is 22.6. The highest BCUT2D eigenvalue weighted by Crippen LogP contribution is 2.51. The van der Waals surface area contributed by atoms with Gasteiger partial charge in [0.2, 0.25) is 5.60 Å². The average molecular weight is 623 g/mol.